The zero-order chi connectivity index (χ0) is 15.0. The molecule has 0 aliphatic rings. The first-order valence-corrected chi connectivity index (χ1v) is 7.09. The van der Waals surface area contributed by atoms with E-state index in [9.17, 15) is 4.79 Å². The number of nitrogens with zero attached hydrogens (tertiary/aromatic N) is 3. The summed E-state index contributed by atoms with van der Waals surface area (Å²) >= 11 is 3.39. The summed E-state index contributed by atoms with van der Waals surface area (Å²) in [4.78, 5) is 16.3. The van der Waals surface area contributed by atoms with Crippen LogP contribution in [0.25, 0.3) is 16.7 Å². The minimum atomic E-state index is -0.391. The van der Waals surface area contributed by atoms with Gasteiger partial charge in [-0.2, -0.15) is 5.10 Å². The zero-order valence-corrected chi connectivity index (χ0v) is 13.1. The molecule has 3 aromatic rings. The van der Waals surface area contributed by atoms with Gasteiger partial charge in [0.1, 0.15) is 0 Å². The Balaban J connectivity index is 2.22. The fourth-order valence-corrected chi connectivity index (χ4v) is 2.59. The first kappa shape index (κ1) is 13.8. The van der Waals surface area contributed by atoms with Crippen LogP contribution < -0.4 is 0 Å². The molecule has 0 fully saturated rings. The van der Waals surface area contributed by atoms with E-state index in [0.29, 0.717) is 16.9 Å². The van der Waals surface area contributed by atoms with Crippen molar-refractivity contribution in [2.75, 3.05) is 7.11 Å². The maximum absolute atomic E-state index is 11.9. The van der Waals surface area contributed by atoms with Gasteiger partial charge in [0.25, 0.3) is 0 Å². The fraction of sp³-hybridized carbons (Fsp3) is 0.133. The summed E-state index contributed by atoms with van der Waals surface area (Å²) in [6.07, 6.45) is 1.79. The van der Waals surface area contributed by atoms with Gasteiger partial charge in [-0.25, -0.2) is 14.5 Å². The molecule has 0 bridgehead atoms. The zero-order valence-electron chi connectivity index (χ0n) is 11.5. The quantitative estimate of drug-likeness (QED) is 0.669. The Morgan fingerprint density at radius 1 is 1.33 bits per heavy atom. The van der Waals surface area contributed by atoms with Crippen LogP contribution in [0, 0.1) is 6.92 Å². The largest absolute Gasteiger partial charge is 0.465 e. The van der Waals surface area contributed by atoms with Crippen LogP contribution in [-0.4, -0.2) is 27.8 Å². The van der Waals surface area contributed by atoms with E-state index in [1.165, 1.54) is 7.11 Å². The molecule has 3 rings (SSSR count). The van der Waals surface area contributed by atoms with Gasteiger partial charge in [-0.15, -0.1) is 0 Å². The predicted molar refractivity (Wildman–Crippen MR) is 82.6 cm³/mol. The van der Waals surface area contributed by atoms with E-state index in [0.717, 1.165) is 15.6 Å². The number of ether oxygens (including phenoxy) is 1. The lowest BCUT2D eigenvalue weighted by atomic mass is 10.1. The third kappa shape index (κ3) is 2.54. The number of benzene rings is 1. The maximum Gasteiger partial charge on any atom is 0.338 e. The highest BCUT2D eigenvalue weighted by Gasteiger charge is 2.15. The molecule has 0 N–H and O–H groups in total. The van der Waals surface area contributed by atoms with Crippen molar-refractivity contribution >= 4 is 32.8 Å². The molecule has 0 aliphatic carbocycles. The van der Waals surface area contributed by atoms with Crippen LogP contribution in [0.15, 0.2) is 41.0 Å². The van der Waals surface area contributed by atoms with Crippen LogP contribution >= 0.6 is 15.9 Å². The van der Waals surface area contributed by atoms with Crippen molar-refractivity contribution in [2.45, 2.75) is 6.92 Å². The van der Waals surface area contributed by atoms with Gasteiger partial charge in [0.15, 0.2) is 5.82 Å². The maximum atomic E-state index is 11.9. The normalized spacial score (nSPS) is 10.8. The van der Waals surface area contributed by atoms with E-state index in [1.807, 2.05) is 31.2 Å². The summed E-state index contributed by atoms with van der Waals surface area (Å²) in [5.41, 5.74) is 2.08. The van der Waals surface area contributed by atoms with Gasteiger partial charge in [0, 0.05) is 21.7 Å². The number of fused-ring (bicyclic) bond motifs is 1. The molecule has 6 heteroatoms. The lowest BCUT2D eigenvalue weighted by Crippen LogP contribution is -2.01. The fourth-order valence-electron chi connectivity index (χ4n) is 2.14. The number of esters is 1. The molecule has 0 unspecified atom stereocenters. The van der Waals surface area contributed by atoms with Crippen molar-refractivity contribution in [3.05, 3.63) is 52.3 Å². The van der Waals surface area contributed by atoms with Gasteiger partial charge < -0.3 is 4.74 Å². The van der Waals surface area contributed by atoms with Gasteiger partial charge in [-0.05, 0) is 31.2 Å². The Morgan fingerprint density at radius 2 is 2.14 bits per heavy atom. The van der Waals surface area contributed by atoms with Crippen molar-refractivity contribution < 1.29 is 9.53 Å². The molecule has 0 saturated heterocycles. The van der Waals surface area contributed by atoms with Crippen molar-refractivity contribution in [3.8, 4) is 5.82 Å². The second kappa shape index (κ2) is 5.29. The SMILES string of the molecule is COC(=O)c1cc(Br)cc2nn(-c3cccc(C)n3)cc12. The predicted octanol–water partition coefficient (Wildman–Crippen LogP) is 3.28. The number of carbonyl (C=O) groups excluding carboxylic acids is 1. The number of pyridine rings is 1. The van der Waals surface area contributed by atoms with Crippen LogP contribution in [0.4, 0.5) is 0 Å². The number of methoxy groups -OCH3 is 1. The van der Waals surface area contributed by atoms with Crippen LogP contribution in [0.5, 0.6) is 0 Å². The van der Waals surface area contributed by atoms with Gasteiger partial charge in [-0.3, -0.25) is 0 Å². The Morgan fingerprint density at radius 3 is 2.86 bits per heavy atom. The standard InChI is InChI=1S/C15H12BrN3O2/c1-9-4-3-5-14(17-9)19-8-12-11(15(20)21-2)6-10(16)7-13(12)18-19/h3-8H,1-2H3. The molecular weight excluding hydrogens is 334 g/mol. The van der Waals surface area contributed by atoms with Crippen molar-refractivity contribution in [2.24, 2.45) is 0 Å². The second-order valence-electron chi connectivity index (χ2n) is 4.59. The molecule has 21 heavy (non-hydrogen) atoms. The highest BCUT2D eigenvalue weighted by molar-refractivity contribution is 9.10. The number of carbonyl (C=O) groups is 1. The third-order valence-electron chi connectivity index (χ3n) is 3.10. The van der Waals surface area contributed by atoms with Crippen LogP contribution in [0.2, 0.25) is 0 Å². The molecule has 5 nitrogen and oxygen atoms in total. The monoisotopic (exact) mass is 345 g/mol. The van der Waals surface area contributed by atoms with Crippen molar-refractivity contribution in [3.63, 3.8) is 0 Å². The molecule has 0 saturated carbocycles. The molecular formula is C15H12BrN3O2. The third-order valence-corrected chi connectivity index (χ3v) is 3.56. The molecule has 0 aliphatic heterocycles. The number of hydrogen-bond acceptors (Lipinski definition) is 4. The summed E-state index contributed by atoms with van der Waals surface area (Å²) < 4.78 is 7.26. The van der Waals surface area contributed by atoms with Gasteiger partial charge in [-0.1, -0.05) is 22.0 Å². The molecule has 106 valence electrons. The van der Waals surface area contributed by atoms with Gasteiger partial charge in [0.2, 0.25) is 0 Å². The first-order chi connectivity index (χ1) is 10.1. The average molecular weight is 346 g/mol. The minimum Gasteiger partial charge on any atom is -0.465 e. The molecule has 2 aromatic heterocycles. The van der Waals surface area contributed by atoms with Crippen LogP contribution in [-0.2, 0) is 4.74 Å². The second-order valence-corrected chi connectivity index (χ2v) is 5.50. The van der Waals surface area contributed by atoms with Gasteiger partial charge >= 0.3 is 5.97 Å². The molecule has 0 amide bonds. The highest BCUT2D eigenvalue weighted by atomic mass is 79.9. The summed E-state index contributed by atoms with van der Waals surface area (Å²) in [5.74, 6) is 0.316. The van der Waals surface area contributed by atoms with E-state index in [-0.39, 0.29) is 0 Å². The number of rotatable bonds is 2. The summed E-state index contributed by atoms with van der Waals surface area (Å²) in [5, 5.41) is 5.21. The summed E-state index contributed by atoms with van der Waals surface area (Å²) in [6, 6.07) is 9.29. The number of aromatic nitrogens is 3. The number of hydrogen-bond donors (Lipinski definition) is 0. The molecule has 0 atom stereocenters. The van der Waals surface area contributed by atoms with Crippen molar-refractivity contribution in [1.82, 2.24) is 14.8 Å². The van der Waals surface area contributed by atoms with Crippen LogP contribution in [0.3, 0.4) is 0 Å². The molecule has 1 aromatic carbocycles. The summed E-state index contributed by atoms with van der Waals surface area (Å²) in [7, 11) is 1.36. The summed E-state index contributed by atoms with van der Waals surface area (Å²) in [6.45, 7) is 1.92. The van der Waals surface area contributed by atoms with E-state index in [2.05, 4.69) is 26.0 Å². The topological polar surface area (TPSA) is 57.0 Å². The Labute approximate surface area is 129 Å². The highest BCUT2D eigenvalue weighted by Crippen LogP contribution is 2.25. The Kier molecular flexibility index (Phi) is 3.47. The lowest BCUT2D eigenvalue weighted by Gasteiger charge is -2.01. The Hall–Kier alpha value is -2.21. The Bertz CT molecular complexity index is 842. The molecule has 0 spiro atoms. The molecule has 0 radical (unpaired) electrons. The minimum absolute atomic E-state index is 0.391. The van der Waals surface area contributed by atoms with E-state index >= 15 is 0 Å². The van der Waals surface area contributed by atoms with E-state index in [1.54, 1.807) is 16.9 Å². The number of halogens is 1. The van der Waals surface area contributed by atoms with Crippen molar-refractivity contribution in [1.29, 1.82) is 0 Å². The first-order valence-electron chi connectivity index (χ1n) is 6.30. The lowest BCUT2D eigenvalue weighted by molar-refractivity contribution is 0.0603. The smallest absolute Gasteiger partial charge is 0.338 e. The van der Waals surface area contributed by atoms with Crippen LogP contribution in [0.1, 0.15) is 16.1 Å². The van der Waals surface area contributed by atoms with Gasteiger partial charge in [0.05, 0.1) is 18.2 Å². The van der Waals surface area contributed by atoms with E-state index in [4.69, 9.17) is 4.74 Å². The van der Waals surface area contributed by atoms with E-state index < -0.39 is 5.97 Å². The average Bonchev–Trinajstić information content (AvgIpc) is 2.89. The molecule has 2 heterocycles. The number of aryl methyl sites for hydroxylation is 1.